The van der Waals surface area contributed by atoms with Crippen molar-refractivity contribution in [1.29, 1.82) is 0 Å². The highest BCUT2D eigenvalue weighted by molar-refractivity contribution is 5.82. The van der Waals surface area contributed by atoms with Crippen LogP contribution >= 0.6 is 0 Å². The van der Waals surface area contributed by atoms with Crippen molar-refractivity contribution in [2.24, 2.45) is 5.92 Å². The molecule has 8 nitrogen and oxygen atoms in total. The molecule has 0 aromatic carbocycles. The fraction of sp³-hybridized carbons (Fsp3) is 0.667. The number of Topliss-reactive ketones (excluding diaryl/α,β-unsaturated/α-hetero) is 1. The average molecular weight is 368 g/mol. The van der Waals surface area contributed by atoms with Crippen LogP contribution in [-0.4, -0.2) is 48.6 Å². The normalized spacial score (nSPS) is 28.7. The van der Waals surface area contributed by atoms with Gasteiger partial charge in [-0.1, -0.05) is 6.42 Å². The Kier molecular flexibility index (Phi) is 6.90. The van der Waals surface area contributed by atoms with E-state index in [1.807, 2.05) is 0 Å². The number of rotatable bonds is 5. The van der Waals surface area contributed by atoms with E-state index in [2.05, 4.69) is 0 Å². The molecule has 0 saturated heterocycles. The van der Waals surface area contributed by atoms with Crippen molar-refractivity contribution in [3.05, 3.63) is 11.8 Å². The first-order valence-corrected chi connectivity index (χ1v) is 8.66. The lowest BCUT2D eigenvalue weighted by atomic mass is 9.82. The van der Waals surface area contributed by atoms with Crippen molar-refractivity contribution in [2.45, 2.75) is 64.8 Å². The van der Waals surface area contributed by atoms with Crippen LogP contribution in [0.25, 0.3) is 0 Å². The molecule has 4 atom stereocenters. The molecule has 0 amide bonds. The smallest absolute Gasteiger partial charge is 0.307 e. The molecule has 8 heteroatoms. The van der Waals surface area contributed by atoms with Gasteiger partial charge in [0.25, 0.3) is 0 Å². The van der Waals surface area contributed by atoms with Crippen molar-refractivity contribution in [3.8, 4) is 0 Å². The molecule has 1 fully saturated rings. The van der Waals surface area contributed by atoms with Crippen LogP contribution in [0.15, 0.2) is 11.8 Å². The second-order valence-electron chi connectivity index (χ2n) is 6.45. The molecule has 1 saturated carbocycles. The maximum atomic E-state index is 12.3. The average Bonchev–Trinajstić information content (AvgIpc) is 2.54. The number of hydrogen-bond acceptors (Lipinski definition) is 8. The number of hydrogen-bond donors (Lipinski definition) is 0. The van der Waals surface area contributed by atoms with E-state index < -0.39 is 36.2 Å². The van der Waals surface area contributed by atoms with Gasteiger partial charge in [-0.05, 0) is 18.9 Å². The highest BCUT2D eigenvalue weighted by Crippen LogP contribution is 2.33. The molecule has 1 aliphatic heterocycles. The maximum Gasteiger partial charge on any atom is 0.307 e. The summed E-state index contributed by atoms with van der Waals surface area (Å²) in [6.45, 7) is 3.49. The Bertz CT molecular complexity index is 608. The molecule has 2 aliphatic rings. The highest BCUT2D eigenvalue weighted by atomic mass is 16.6. The predicted octanol–water partition coefficient (Wildman–Crippen LogP) is 1.45. The van der Waals surface area contributed by atoms with Gasteiger partial charge in [-0.2, -0.15) is 0 Å². The van der Waals surface area contributed by atoms with E-state index in [4.69, 9.17) is 18.9 Å². The van der Waals surface area contributed by atoms with Crippen LogP contribution in [0.3, 0.4) is 0 Å². The van der Waals surface area contributed by atoms with E-state index in [0.29, 0.717) is 12.8 Å². The number of esters is 3. The van der Waals surface area contributed by atoms with Gasteiger partial charge in [0.1, 0.15) is 24.3 Å². The third kappa shape index (κ3) is 5.39. The summed E-state index contributed by atoms with van der Waals surface area (Å²) in [4.78, 5) is 46.4. The van der Waals surface area contributed by atoms with Gasteiger partial charge in [0, 0.05) is 33.1 Å². The Labute approximate surface area is 151 Å². The van der Waals surface area contributed by atoms with Gasteiger partial charge in [0.15, 0.2) is 6.10 Å². The number of ether oxygens (including phenoxy) is 4. The molecule has 0 aromatic heterocycles. The highest BCUT2D eigenvalue weighted by Gasteiger charge is 2.42. The fourth-order valence-corrected chi connectivity index (χ4v) is 3.22. The Morgan fingerprint density at radius 2 is 1.85 bits per heavy atom. The summed E-state index contributed by atoms with van der Waals surface area (Å²) < 4.78 is 21.4. The Morgan fingerprint density at radius 3 is 2.42 bits per heavy atom. The number of carbonyl (C=O) groups excluding carboxylic acids is 4. The van der Waals surface area contributed by atoms with Gasteiger partial charge in [-0.15, -0.1) is 0 Å². The minimum absolute atomic E-state index is 0.0804. The van der Waals surface area contributed by atoms with Gasteiger partial charge in [0.05, 0.1) is 6.10 Å². The lowest BCUT2D eigenvalue weighted by Gasteiger charge is -2.37. The predicted molar refractivity (Wildman–Crippen MR) is 87.7 cm³/mol. The van der Waals surface area contributed by atoms with Crippen LogP contribution in [0, 0.1) is 5.92 Å². The molecule has 0 aromatic rings. The summed E-state index contributed by atoms with van der Waals surface area (Å²) in [6, 6.07) is 0. The third-order valence-corrected chi connectivity index (χ3v) is 4.28. The quantitative estimate of drug-likeness (QED) is 0.530. The molecule has 144 valence electrons. The van der Waals surface area contributed by atoms with E-state index >= 15 is 0 Å². The zero-order valence-electron chi connectivity index (χ0n) is 15.2. The van der Waals surface area contributed by atoms with Gasteiger partial charge in [-0.25, -0.2) is 0 Å². The summed E-state index contributed by atoms with van der Waals surface area (Å²) in [7, 11) is 0. The van der Waals surface area contributed by atoms with Crippen LogP contribution in [0.4, 0.5) is 0 Å². The molecular formula is C18H24O8. The van der Waals surface area contributed by atoms with Crippen molar-refractivity contribution in [1.82, 2.24) is 0 Å². The van der Waals surface area contributed by atoms with Crippen molar-refractivity contribution in [2.75, 3.05) is 6.61 Å². The first-order valence-electron chi connectivity index (χ1n) is 8.66. The summed E-state index contributed by atoms with van der Waals surface area (Å²) in [5.41, 5.74) is 0. The first-order chi connectivity index (χ1) is 12.3. The third-order valence-electron chi connectivity index (χ3n) is 4.28. The molecule has 1 unspecified atom stereocenters. The lowest BCUT2D eigenvalue weighted by Crippen LogP contribution is -2.48. The summed E-state index contributed by atoms with van der Waals surface area (Å²) in [5, 5.41) is 0. The molecule has 2 rings (SSSR count). The van der Waals surface area contributed by atoms with Crippen LogP contribution in [-0.2, 0) is 38.1 Å². The van der Waals surface area contributed by atoms with Crippen LogP contribution in [0.2, 0.25) is 0 Å². The molecular weight excluding hydrogens is 344 g/mol. The topological polar surface area (TPSA) is 105 Å². The van der Waals surface area contributed by atoms with Crippen molar-refractivity contribution >= 4 is 23.7 Å². The monoisotopic (exact) mass is 368 g/mol. The maximum absolute atomic E-state index is 12.3. The van der Waals surface area contributed by atoms with Crippen LogP contribution in [0.5, 0.6) is 0 Å². The molecule has 0 N–H and O–H groups in total. The van der Waals surface area contributed by atoms with Crippen molar-refractivity contribution < 1.29 is 38.1 Å². The summed E-state index contributed by atoms with van der Waals surface area (Å²) >= 11 is 0. The zero-order chi connectivity index (χ0) is 19.3. The van der Waals surface area contributed by atoms with E-state index in [1.54, 1.807) is 0 Å². The SMILES string of the molecule is CC(=O)OC[C@H]1O[C@H](C2CCCCC2=O)C=C(OC(C)=O)[C@@H]1OC(C)=O. The second kappa shape index (κ2) is 8.93. The number of carbonyl (C=O) groups is 4. The molecule has 0 radical (unpaired) electrons. The van der Waals surface area contributed by atoms with E-state index in [9.17, 15) is 19.2 Å². The zero-order valence-corrected chi connectivity index (χ0v) is 15.2. The Morgan fingerprint density at radius 1 is 1.12 bits per heavy atom. The van der Waals surface area contributed by atoms with Crippen molar-refractivity contribution in [3.63, 3.8) is 0 Å². The van der Waals surface area contributed by atoms with E-state index in [-0.39, 0.29) is 24.1 Å². The van der Waals surface area contributed by atoms with Crippen LogP contribution in [0.1, 0.15) is 46.5 Å². The molecule has 26 heavy (non-hydrogen) atoms. The van der Waals surface area contributed by atoms with Crippen LogP contribution < -0.4 is 0 Å². The van der Waals surface area contributed by atoms with E-state index in [0.717, 1.165) is 12.8 Å². The number of ketones is 1. The molecule has 0 spiro atoms. The first kappa shape index (κ1) is 20.1. The minimum Gasteiger partial charge on any atom is -0.463 e. The molecule has 1 heterocycles. The van der Waals surface area contributed by atoms with Gasteiger partial charge in [0.2, 0.25) is 0 Å². The van der Waals surface area contributed by atoms with Gasteiger partial charge in [-0.3, -0.25) is 19.2 Å². The standard InChI is InChI=1S/C18H24O8/c1-10(19)23-9-17-18(25-12(3)21)16(24-11(2)20)8-15(26-17)13-6-4-5-7-14(13)22/h8,13,15,17-18H,4-7,9H2,1-3H3/t13?,15-,17+,18-/m0/s1. The van der Waals surface area contributed by atoms with Gasteiger partial charge >= 0.3 is 17.9 Å². The molecule has 0 bridgehead atoms. The largest absolute Gasteiger partial charge is 0.463 e. The molecule has 1 aliphatic carbocycles. The lowest BCUT2D eigenvalue weighted by molar-refractivity contribution is -0.177. The minimum atomic E-state index is -1.04. The Hall–Kier alpha value is -2.22. The van der Waals surface area contributed by atoms with Gasteiger partial charge < -0.3 is 18.9 Å². The fourth-order valence-electron chi connectivity index (χ4n) is 3.22. The Balaban J connectivity index is 2.31. The summed E-state index contributed by atoms with van der Waals surface area (Å²) in [5.74, 6) is -1.90. The second-order valence-corrected chi connectivity index (χ2v) is 6.45. The summed E-state index contributed by atoms with van der Waals surface area (Å²) in [6.07, 6.45) is 1.85. The van der Waals surface area contributed by atoms with E-state index in [1.165, 1.54) is 26.8 Å².